The van der Waals surface area contributed by atoms with Crippen molar-refractivity contribution in [1.29, 1.82) is 0 Å². The van der Waals surface area contributed by atoms with Crippen LogP contribution in [-0.2, 0) is 10.0 Å². The highest BCUT2D eigenvalue weighted by Crippen LogP contribution is 2.28. The first-order valence-electron chi connectivity index (χ1n) is 10.2. The number of furan rings is 1. The number of aromatic nitrogens is 1. The Labute approximate surface area is 190 Å². The predicted molar refractivity (Wildman–Crippen MR) is 123 cm³/mol. The molecule has 0 unspecified atom stereocenters. The van der Waals surface area contributed by atoms with Crippen LogP contribution in [0.1, 0.15) is 15.2 Å². The van der Waals surface area contributed by atoms with Gasteiger partial charge in [-0.2, -0.15) is 4.31 Å². The normalized spacial score (nSPS) is 15.3. The van der Waals surface area contributed by atoms with E-state index >= 15 is 0 Å². The van der Waals surface area contributed by atoms with Crippen molar-refractivity contribution < 1.29 is 17.6 Å². The molecule has 4 aromatic rings. The summed E-state index contributed by atoms with van der Waals surface area (Å²) in [6.07, 6.45) is 1.57. The third-order valence-corrected chi connectivity index (χ3v) is 8.92. The number of carbonyl (C=O) groups is 1. The molecule has 1 aliphatic rings. The van der Waals surface area contributed by atoms with Crippen LogP contribution in [0.5, 0.6) is 0 Å². The molecule has 1 fully saturated rings. The van der Waals surface area contributed by atoms with Gasteiger partial charge in [-0.25, -0.2) is 13.4 Å². The van der Waals surface area contributed by atoms with Gasteiger partial charge in [0.25, 0.3) is 15.9 Å². The number of hydrogen-bond acceptors (Lipinski definition) is 6. The highest BCUT2D eigenvalue weighted by Gasteiger charge is 2.32. The lowest BCUT2D eigenvalue weighted by molar-refractivity contribution is 0.0700. The second-order valence-electron chi connectivity index (χ2n) is 7.61. The fourth-order valence-corrected chi connectivity index (χ4v) is 6.74. The van der Waals surface area contributed by atoms with Crippen LogP contribution in [0.25, 0.3) is 22.4 Å². The zero-order valence-corrected chi connectivity index (χ0v) is 19.0. The molecule has 0 saturated carbocycles. The minimum Gasteiger partial charge on any atom is -0.463 e. The Morgan fingerprint density at radius 3 is 2.50 bits per heavy atom. The summed E-state index contributed by atoms with van der Waals surface area (Å²) in [6.45, 7) is 3.07. The van der Waals surface area contributed by atoms with Gasteiger partial charge < -0.3 is 9.32 Å². The van der Waals surface area contributed by atoms with Crippen molar-refractivity contribution in [3.05, 3.63) is 71.3 Å². The van der Waals surface area contributed by atoms with Gasteiger partial charge in [0.05, 0.1) is 17.3 Å². The monoisotopic (exact) mass is 467 g/mol. The molecule has 4 heterocycles. The van der Waals surface area contributed by atoms with Crippen molar-refractivity contribution >= 4 is 38.2 Å². The first-order valence-corrected chi connectivity index (χ1v) is 12.5. The Morgan fingerprint density at radius 2 is 1.81 bits per heavy atom. The largest absolute Gasteiger partial charge is 0.463 e. The van der Waals surface area contributed by atoms with Gasteiger partial charge >= 0.3 is 0 Å². The van der Waals surface area contributed by atoms with E-state index in [-0.39, 0.29) is 19.0 Å². The van der Waals surface area contributed by atoms with E-state index in [1.54, 1.807) is 35.4 Å². The zero-order chi connectivity index (χ0) is 22.3. The fourth-order valence-electron chi connectivity index (χ4n) is 3.88. The number of carbonyl (C=O) groups excluding carboxylic acids is 1. The van der Waals surface area contributed by atoms with E-state index in [0.717, 1.165) is 10.3 Å². The molecule has 1 amide bonds. The quantitative estimate of drug-likeness (QED) is 0.453. The van der Waals surface area contributed by atoms with Crippen LogP contribution in [0, 0.1) is 6.92 Å². The van der Waals surface area contributed by atoms with Gasteiger partial charge in [-0.05, 0) is 43.3 Å². The first kappa shape index (κ1) is 20.9. The maximum Gasteiger partial charge on any atom is 0.254 e. The fraction of sp³-hybridized carbons (Fsp3) is 0.217. The second-order valence-corrected chi connectivity index (χ2v) is 11.1. The number of piperazine rings is 1. The third kappa shape index (κ3) is 3.72. The number of amides is 1. The molecule has 0 atom stereocenters. The lowest BCUT2D eigenvalue weighted by atomic mass is 10.1. The molecule has 1 aliphatic heterocycles. The maximum absolute atomic E-state index is 13.5. The minimum absolute atomic E-state index is 0.138. The SMILES string of the molecule is Cc1ccc(S(=O)(=O)N2CCN(C(=O)c3cc(-c4ccco4)nc4ccccc34)CC2)s1. The van der Waals surface area contributed by atoms with Crippen molar-refractivity contribution in [3.63, 3.8) is 0 Å². The highest BCUT2D eigenvalue weighted by atomic mass is 32.2. The van der Waals surface area contributed by atoms with Crippen molar-refractivity contribution in [2.45, 2.75) is 11.1 Å². The Morgan fingerprint density at radius 1 is 1.03 bits per heavy atom. The van der Waals surface area contributed by atoms with E-state index in [1.165, 1.54) is 15.6 Å². The van der Waals surface area contributed by atoms with Gasteiger partial charge in [0.15, 0.2) is 5.76 Å². The number of thiophene rings is 1. The van der Waals surface area contributed by atoms with Gasteiger partial charge in [-0.1, -0.05) is 18.2 Å². The summed E-state index contributed by atoms with van der Waals surface area (Å²) in [7, 11) is -3.53. The Balaban J connectivity index is 1.41. The van der Waals surface area contributed by atoms with Gasteiger partial charge in [0, 0.05) is 36.4 Å². The zero-order valence-electron chi connectivity index (χ0n) is 17.4. The molecule has 1 aromatic carbocycles. The first-order chi connectivity index (χ1) is 15.4. The summed E-state index contributed by atoms with van der Waals surface area (Å²) < 4.78 is 33.1. The standard InChI is InChI=1S/C23H21N3O4S2/c1-16-8-9-22(31-16)32(28,29)26-12-10-25(11-13-26)23(27)18-15-20(21-7-4-14-30-21)24-19-6-3-2-5-17(18)19/h2-9,14-15H,10-13H2,1H3. The summed E-state index contributed by atoms with van der Waals surface area (Å²) in [5, 5.41) is 0.761. The lowest BCUT2D eigenvalue weighted by Gasteiger charge is -2.34. The molecule has 9 heteroatoms. The van der Waals surface area contributed by atoms with Crippen LogP contribution < -0.4 is 0 Å². The Kier molecular flexibility index (Phi) is 5.32. The van der Waals surface area contributed by atoms with Crippen molar-refractivity contribution in [3.8, 4) is 11.5 Å². The molecule has 0 N–H and O–H groups in total. The van der Waals surface area contributed by atoms with E-state index in [0.29, 0.717) is 39.8 Å². The number of fused-ring (bicyclic) bond motifs is 1. The predicted octanol–water partition coefficient (Wildman–Crippen LogP) is 4.01. The molecule has 0 bridgehead atoms. The maximum atomic E-state index is 13.5. The van der Waals surface area contributed by atoms with Gasteiger partial charge in [0.1, 0.15) is 9.90 Å². The molecular formula is C23H21N3O4S2. The van der Waals surface area contributed by atoms with Crippen LogP contribution in [0.15, 0.2) is 69.5 Å². The van der Waals surface area contributed by atoms with Crippen molar-refractivity contribution in [2.24, 2.45) is 0 Å². The van der Waals surface area contributed by atoms with Crippen LogP contribution in [0.3, 0.4) is 0 Å². The molecular weight excluding hydrogens is 446 g/mol. The van der Waals surface area contributed by atoms with Crippen LogP contribution in [0.2, 0.25) is 0 Å². The summed E-state index contributed by atoms with van der Waals surface area (Å²) >= 11 is 1.27. The molecule has 5 rings (SSSR count). The second kappa shape index (κ2) is 8.16. The molecule has 7 nitrogen and oxygen atoms in total. The van der Waals surface area contributed by atoms with Crippen LogP contribution in [0.4, 0.5) is 0 Å². The molecule has 164 valence electrons. The number of benzene rings is 1. The average molecular weight is 468 g/mol. The molecule has 1 saturated heterocycles. The summed E-state index contributed by atoms with van der Waals surface area (Å²) in [5.41, 5.74) is 1.83. The summed E-state index contributed by atoms with van der Waals surface area (Å²) in [6, 6.07) is 16.3. The van der Waals surface area contributed by atoms with Gasteiger partial charge in [0.2, 0.25) is 0 Å². The van der Waals surface area contributed by atoms with Crippen molar-refractivity contribution in [2.75, 3.05) is 26.2 Å². The highest BCUT2D eigenvalue weighted by molar-refractivity contribution is 7.91. The number of hydrogen-bond donors (Lipinski definition) is 0. The summed E-state index contributed by atoms with van der Waals surface area (Å²) in [5.74, 6) is 0.451. The Hall–Kier alpha value is -3.01. The number of sulfonamides is 1. The van der Waals surface area contributed by atoms with Crippen LogP contribution >= 0.6 is 11.3 Å². The Bertz CT molecular complexity index is 1390. The number of pyridine rings is 1. The molecule has 0 aliphatic carbocycles. The molecule has 3 aromatic heterocycles. The van der Waals surface area contributed by atoms with Crippen molar-refractivity contribution in [1.82, 2.24) is 14.2 Å². The van der Waals surface area contributed by atoms with E-state index in [9.17, 15) is 13.2 Å². The average Bonchev–Trinajstić information content (AvgIpc) is 3.50. The lowest BCUT2D eigenvalue weighted by Crippen LogP contribution is -2.50. The van der Waals surface area contributed by atoms with E-state index in [1.807, 2.05) is 37.3 Å². The number of para-hydroxylation sites is 1. The van der Waals surface area contributed by atoms with Crippen LogP contribution in [-0.4, -0.2) is 54.7 Å². The van der Waals surface area contributed by atoms with Gasteiger partial charge in [-0.3, -0.25) is 4.79 Å². The topological polar surface area (TPSA) is 83.7 Å². The number of nitrogens with zero attached hydrogens (tertiary/aromatic N) is 3. The van der Waals surface area contributed by atoms with E-state index < -0.39 is 10.0 Å². The summed E-state index contributed by atoms with van der Waals surface area (Å²) in [4.78, 5) is 20.8. The molecule has 0 spiro atoms. The molecule has 32 heavy (non-hydrogen) atoms. The molecule has 0 radical (unpaired) electrons. The third-order valence-electron chi connectivity index (χ3n) is 5.56. The van der Waals surface area contributed by atoms with Gasteiger partial charge in [-0.15, -0.1) is 11.3 Å². The van der Waals surface area contributed by atoms with E-state index in [2.05, 4.69) is 4.98 Å². The minimum atomic E-state index is -3.53. The smallest absolute Gasteiger partial charge is 0.254 e. The number of rotatable bonds is 4. The number of aryl methyl sites for hydroxylation is 1. The van der Waals surface area contributed by atoms with E-state index in [4.69, 9.17) is 4.42 Å².